The van der Waals surface area contributed by atoms with Crippen molar-refractivity contribution in [1.82, 2.24) is 4.90 Å². The fraction of sp³-hybridized carbons (Fsp3) is 0.500. The molecule has 0 radical (unpaired) electrons. The molecule has 0 bridgehead atoms. The van der Waals surface area contributed by atoms with Crippen LogP contribution < -0.4 is 9.47 Å². The number of ether oxygens (including phenoxy) is 2. The largest absolute Gasteiger partial charge is 0.493 e. The number of hydrogen-bond donors (Lipinski definition) is 0. The quantitative estimate of drug-likeness (QED) is 0.856. The molecule has 21 heavy (non-hydrogen) atoms. The van der Waals surface area contributed by atoms with Gasteiger partial charge in [-0.15, -0.1) is 0 Å². The predicted molar refractivity (Wildman–Crippen MR) is 80.0 cm³/mol. The number of fused-ring (bicyclic) bond motifs is 3. The Kier molecular flexibility index (Phi) is 3.57. The van der Waals surface area contributed by atoms with Gasteiger partial charge < -0.3 is 14.4 Å². The summed E-state index contributed by atoms with van der Waals surface area (Å²) in [7, 11) is 3.28. The van der Waals surface area contributed by atoms with Crippen LogP contribution in [0.2, 0.25) is 0 Å². The lowest BCUT2D eigenvalue weighted by molar-refractivity contribution is -0.119. The van der Waals surface area contributed by atoms with Gasteiger partial charge in [0.2, 0.25) is 5.91 Å². The fourth-order valence-electron chi connectivity index (χ4n) is 3.26. The van der Waals surface area contributed by atoms with Gasteiger partial charge in [-0.2, -0.15) is 0 Å². The van der Waals surface area contributed by atoms with Crippen molar-refractivity contribution in [2.75, 3.05) is 20.8 Å². The minimum absolute atomic E-state index is 0.0317. The summed E-state index contributed by atoms with van der Waals surface area (Å²) in [5.74, 6) is 2.33. The summed E-state index contributed by atoms with van der Waals surface area (Å²) in [4.78, 5) is 18.3. The van der Waals surface area contributed by atoms with Gasteiger partial charge in [-0.3, -0.25) is 4.79 Å². The minimum Gasteiger partial charge on any atom is -0.493 e. The zero-order chi connectivity index (χ0) is 15.0. The lowest BCUT2D eigenvalue weighted by atomic mass is 9.88. The molecule has 1 aromatic carbocycles. The lowest BCUT2D eigenvalue weighted by Crippen LogP contribution is -2.43. The molecule has 2 heterocycles. The van der Waals surface area contributed by atoms with Crippen molar-refractivity contribution in [1.29, 1.82) is 0 Å². The SMILES string of the molecule is CCC1=NC(=O)CC2c3cc(OC)c(OC)cc3CCN12. The highest BCUT2D eigenvalue weighted by Crippen LogP contribution is 2.41. The van der Waals surface area contributed by atoms with Crippen LogP contribution in [0, 0.1) is 0 Å². The molecule has 0 aromatic heterocycles. The summed E-state index contributed by atoms with van der Waals surface area (Å²) >= 11 is 0. The van der Waals surface area contributed by atoms with Gasteiger partial charge in [0, 0.05) is 13.0 Å². The molecule has 0 N–H and O–H groups in total. The molecule has 1 amide bonds. The first-order valence-corrected chi connectivity index (χ1v) is 7.29. The lowest BCUT2D eigenvalue weighted by Gasteiger charge is -2.41. The van der Waals surface area contributed by atoms with E-state index in [1.807, 2.05) is 19.1 Å². The molecule has 0 saturated carbocycles. The number of hydrogen-bond acceptors (Lipinski definition) is 4. The maximum absolute atomic E-state index is 11.9. The Hall–Kier alpha value is -2.04. The predicted octanol–water partition coefficient (Wildman–Crippen LogP) is 2.34. The van der Waals surface area contributed by atoms with Crippen LogP contribution in [0.3, 0.4) is 0 Å². The van der Waals surface area contributed by atoms with E-state index in [1.165, 1.54) is 5.56 Å². The zero-order valence-electron chi connectivity index (χ0n) is 12.7. The Morgan fingerprint density at radius 1 is 1.29 bits per heavy atom. The van der Waals surface area contributed by atoms with Crippen LogP contribution in [-0.4, -0.2) is 37.4 Å². The van der Waals surface area contributed by atoms with Crippen molar-refractivity contribution in [3.05, 3.63) is 23.3 Å². The minimum atomic E-state index is -0.0317. The van der Waals surface area contributed by atoms with Crippen LogP contribution >= 0.6 is 0 Å². The Morgan fingerprint density at radius 2 is 2.00 bits per heavy atom. The highest BCUT2D eigenvalue weighted by Gasteiger charge is 2.35. The molecule has 0 spiro atoms. The van der Waals surface area contributed by atoms with Crippen molar-refractivity contribution in [2.24, 2.45) is 4.99 Å². The van der Waals surface area contributed by atoms with E-state index >= 15 is 0 Å². The van der Waals surface area contributed by atoms with Crippen molar-refractivity contribution in [3.63, 3.8) is 0 Å². The van der Waals surface area contributed by atoms with E-state index in [1.54, 1.807) is 14.2 Å². The number of amides is 1. The number of nitrogens with zero attached hydrogens (tertiary/aromatic N) is 2. The van der Waals surface area contributed by atoms with E-state index in [9.17, 15) is 4.79 Å². The molecule has 1 aromatic rings. The van der Waals surface area contributed by atoms with E-state index in [0.717, 1.165) is 36.5 Å². The Bertz CT molecular complexity index is 610. The smallest absolute Gasteiger partial charge is 0.249 e. The molecule has 0 fully saturated rings. The first-order chi connectivity index (χ1) is 10.2. The number of amidine groups is 1. The highest BCUT2D eigenvalue weighted by molar-refractivity contribution is 5.97. The third-order valence-electron chi connectivity index (χ3n) is 4.27. The first-order valence-electron chi connectivity index (χ1n) is 7.29. The maximum atomic E-state index is 11.9. The topological polar surface area (TPSA) is 51.1 Å². The zero-order valence-corrected chi connectivity index (χ0v) is 12.7. The van der Waals surface area contributed by atoms with Gasteiger partial charge in [0.25, 0.3) is 0 Å². The van der Waals surface area contributed by atoms with Crippen molar-refractivity contribution >= 4 is 11.7 Å². The third kappa shape index (κ3) is 2.26. The monoisotopic (exact) mass is 288 g/mol. The van der Waals surface area contributed by atoms with Crippen LogP contribution in [0.5, 0.6) is 11.5 Å². The van der Waals surface area contributed by atoms with Crippen LogP contribution in [0.25, 0.3) is 0 Å². The Balaban J connectivity index is 2.06. The van der Waals surface area contributed by atoms with Gasteiger partial charge in [-0.25, -0.2) is 4.99 Å². The average Bonchev–Trinajstić information content (AvgIpc) is 2.52. The van der Waals surface area contributed by atoms with Gasteiger partial charge in [0.15, 0.2) is 11.5 Å². The number of benzene rings is 1. The fourth-order valence-corrected chi connectivity index (χ4v) is 3.26. The van der Waals surface area contributed by atoms with Crippen molar-refractivity contribution in [2.45, 2.75) is 32.2 Å². The highest BCUT2D eigenvalue weighted by atomic mass is 16.5. The summed E-state index contributed by atoms with van der Waals surface area (Å²) in [6, 6.07) is 4.12. The molecular formula is C16H20N2O3. The molecular weight excluding hydrogens is 268 g/mol. The van der Waals surface area contributed by atoms with Crippen LogP contribution in [0.4, 0.5) is 0 Å². The second-order valence-corrected chi connectivity index (χ2v) is 5.34. The number of aliphatic imine (C=N–C) groups is 1. The Labute approximate surface area is 124 Å². The summed E-state index contributed by atoms with van der Waals surface area (Å²) in [6.07, 6.45) is 2.15. The van der Waals surface area contributed by atoms with E-state index in [0.29, 0.717) is 12.2 Å². The molecule has 2 aliphatic rings. The van der Waals surface area contributed by atoms with E-state index in [4.69, 9.17) is 9.47 Å². The van der Waals surface area contributed by atoms with Gasteiger partial charge in [0.1, 0.15) is 5.84 Å². The van der Waals surface area contributed by atoms with E-state index in [-0.39, 0.29) is 11.9 Å². The third-order valence-corrected chi connectivity index (χ3v) is 4.27. The molecule has 112 valence electrons. The molecule has 0 aliphatic carbocycles. The molecule has 5 heteroatoms. The number of carbonyl (C=O) groups is 1. The van der Waals surface area contributed by atoms with Gasteiger partial charge in [0.05, 0.1) is 26.7 Å². The van der Waals surface area contributed by atoms with Gasteiger partial charge in [-0.1, -0.05) is 6.92 Å². The van der Waals surface area contributed by atoms with Crippen molar-refractivity contribution < 1.29 is 14.3 Å². The van der Waals surface area contributed by atoms with Crippen molar-refractivity contribution in [3.8, 4) is 11.5 Å². The Morgan fingerprint density at radius 3 is 2.67 bits per heavy atom. The number of carbonyl (C=O) groups excluding carboxylic acids is 1. The van der Waals surface area contributed by atoms with E-state index in [2.05, 4.69) is 9.89 Å². The van der Waals surface area contributed by atoms with E-state index < -0.39 is 0 Å². The summed E-state index contributed by atoms with van der Waals surface area (Å²) in [5, 5.41) is 0. The van der Waals surface area contributed by atoms with Gasteiger partial charge >= 0.3 is 0 Å². The summed E-state index contributed by atoms with van der Waals surface area (Å²) < 4.78 is 10.8. The van der Waals surface area contributed by atoms with Crippen LogP contribution in [-0.2, 0) is 11.2 Å². The normalized spacial score (nSPS) is 20.5. The second kappa shape index (κ2) is 5.39. The molecule has 1 unspecified atom stereocenters. The molecule has 5 nitrogen and oxygen atoms in total. The standard InChI is InChI=1S/C16H20N2O3/c1-4-15-17-16(19)9-12-11-8-14(21-3)13(20-2)7-10(11)5-6-18(12)15/h7-8,12H,4-6,9H2,1-3H3. The summed E-state index contributed by atoms with van der Waals surface area (Å²) in [5.41, 5.74) is 2.40. The molecule has 2 aliphatic heterocycles. The maximum Gasteiger partial charge on any atom is 0.249 e. The number of methoxy groups -OCH3 is 2. The van der Waals surface area contributed by atoms with Crippen LogP contribution in [0.1, 0.15) is 36.9 Å². The molecule has 1 atom stereocenters. The molecule has 3 rings (SSSR count). The summed E-state index contributed by atoms with van der Waals surface area (Å²) in [6.45, 7) is 2.94. The first kappa shape index (κ1) is 13.9. The molecule has 0 saturated heterocycles. The number of rotatable bonds is 3. The second-order valence-electron chi connectivity index (χ2n) is 5.34. The van der Waals surface area contributed by atoms with Crippen LogP contribution in [0.15, 0.2) is 17.1 Å². The van der Waals surface area contributed by atoms with Gasteiger partial charge in [-0.05, 0) is 29.7 Å². The average molecular weight is 288 g/mol.